The van der Waals surface area contributed by atoms with Crippen molar-refractivity contribution < 1.29 is 9.53 Å². The van der Waals surface area contributed by atoms with Crippen molar-refractivity contribution in [3.05, 3.63) is 60.2 Å². The average molecular weight is 383 g/mol. The van der Waals surface area contributed by atoms with Crippen LogP contribution in [0.25, 0.3) is 0 Å². The van der Waals surface area contributed by atoms with Crippen molar-refractivity contribution in [3.63, 3.8) is 0 Å². The zero-order valence-corrected chi connectivity index (χ0v) is 16.4. The Kier molecular flexibility index (Phi) is 6.00. The minimum Gasteiger partial charge on any atom is -0.377 e. The zero-order chi connectivity index (χ0) is 18.5. The van der Waals surface area contributed by atoms with Gasteiger partial charge in [0.05, 0.1) is 11.7 Å². The number of ether oxygens (including phenoxy) is 1. The highest BCUT2D eigenvalue weighted by Gasteiger charge is 2.24. The summed E-state index contributed by atoms with van der Waals surface area (Å²) >= 11 is 1.75. The molecule has 142 valence electrons. The number of piperazine rings is 1. The predicted octanol–water partition coefficient (Wildman–Crippen LogP) is 3.92. The first kappa shape index (κ1) is 18.4. The van der Waals surface area contributed by atoms with Crippen molar-refractivity contribution in [2.24, 2.45) is 0 Å². The van der Waals surface area contributed by atoms with Crippen molar-refractivity contribution in [2.45, 2.75) is 23.8 Å². The molecule has 0 saturated carbocycles. The van der Waals surface area contributed by atoms with E-state index in [-0.39, 0.29) is 5.91 Å². The molecule has 0 spiro atoms. The van der Waals surface area contributed by atoms with E-state index in [4.69, 9.17) is 4.74 Å². The Morgan fingerprint density at radius 1 is 1.00 bits per heavy atom. The van der Waals surface area contributed by atoms with E-state index >= 15 is 0 Å². The summed E-state index contributed by atoms with van der Waals surface area (Å²) < 4.78 is 5.72. The number of thioether (sulfide) groups is 1. The lowest BCUT2D eigenvalue weighted by Gasteiger charge is -2.36. The van der Waals surface area contributed by atoms with Gasteiger partial charge in [0.15, 0.2) is 0 Å². The number of hydrogen-bond acceptors (Lipinski definition) is 4. The Morgan fingerprint density at radius 3 is 2.48 bits per heavy atom. The second-order valence-corrected chi connectivity index (χ2v) is 8.12. The van der Waals surface area contributed by atoms with Crippen LogP contribution in [0.4, 0.5) is 5.69 Å². The van der Waals surface area contributed by atoms with Crippen LogP contribution in [-0.2, 0) is 4.74 Å². The van der Waals surface area contributed by atoms with E-state index in [1.807, 2.05) is 29.2 Å². The molecule has 1 atom stereocenters. The molecule has 0 N–H and O–H groups in total. The summed E-state index contributed by atoms with van der Waals surface area (Å²) in [5.41, 5.74) is 2.06. The lowest BCUT2D eigenvalue weighted by Crippen LogP contribution is -2.48. The Labute approximate surface area is 165 Å². The Hall–Kier alpha value is -1.98. The summed E-state index contributed by atoms with van der Waals surface area (Å²) in [5.74, 6) is 1.07. The number of para-hydroxylation sites is 1. The molecule has 1 amide bonds. The third-order valence-electron chi connectivity index (χ3n) is 5.25. The number of anilines is 1. The van der Waals surface area contributed by atoms with Crippen molar-refractivity contribution in [3.8, 4) is 0 Å². The molecule has 4 rings (SSSR count). The van der Waals surface area contributed by atoms with E-state index in [0.717, 1.165) is 61.8 Å². The van der Waals surface area contributed by atoms with E-state index in [2.05, 4.69) is 35.2 Å². The fraction of sp³-hybridized carbons (Fsp3) is 0.409. The van der Waals surface area contributed by atoms with Crippen LogP contribution < -0.4 is 4.90 Å². The van der Waals surface area contributed by atoms with Gasteiger partial charge < -0.3 is 14.5 Å². The largest absolute Gasteiger partial charge is 0.377 e. The molecule has 2 aliphatic rings. The van der Waals surface area contributed by atoms with Gasteiger partial charge in [-0.1, -0.05) is 30.3 Å². The molecule has 4 nitrogen and oxygen atoms in total. The highest BCUT2D eigenvalue weighted by molar-refractivity contribution is 7.99. The van der Waals surface area contributed by atoms with Crippen LogP contribution in [0, 0.1) is 0 Å². The Morgan fingerprint density at radius 2 is 1.74 bits per heavy atom. The van der Waals surface area contributed by atoms with Gasteiger partial charge in [-0.3, -0.25) is 4.79 Å². The standard InChI is InChI=1S/C22H26N2O2S/c25-22(24-14-12-23(13-15-24)18-7-2-1-3-8-18)20-10-4-5-11-21(20)27-17-19-9-6-16-26-19/h1-5,7-8,10-11,19H,6,9,12-17H2. The molecule has 2 aliphatic heterocycles. The first-order valence-corrected chi connectivity index (χ1v) is 10.7. The SMILES string of the molecule is O=C(c1ccccc1SCC1CCCO1)N1CCN(c2ccccc2)CC1. The molecule has 27 heavy (non-hydrogen) atoms. The van der Waals surface area contributed by atoms with Crippen LogP contribution in [0.15, 0.2) is 59.5 Å². The minimum absolute atomic E-state index is 0.151. The topological polar surface area (TPSA) is 32.8 Å². The first-order chi connectivity index (χ1) is 13.3. The molecule has 2 saturated heterocycles. The number of hydrogen-bond donors (Lipinski definition) is 0. The second kappa shape index (κ2) is 8.81. The molecular weight excluding hydrogens is 356 g/mol. The van der Waals surface area contributed by atoms with Gasteiger partial charge in [0.25, 0.3) is 5.91 Å². The molecule has 1 unspecified atom stereocenters. The van der Waals surface area contributed by atoms with E-state index in [1.54, 1.807) is 11.8 Å². The third-order valence-corrected chi connectivity index (χ3v) is 6.46. The summed E-state index contributed by atoms with van der Waals surface area (Å²) in [6.07, 6.45) is 2.61. The first-order valence-electron chi connectivity index (χ1n) is 9.74. The van der Waals surface area contributed by atoms with Crippen molar-refractivity contribution in [1.29, 1.82) is 0 Å². The van der Waals surface area contributed by atoms with Gasteiger partial charge in [0.1, 0.15) is 0 Å². The lowest BCUT2D eigenvalue weighted by molar-refractivity contribution is 0.0743. The number of carbonyl (C=O) groups is 1. The molecule has 2 fully saturated rings. The Bertz CT molecular complexity index is 754. The zero-order valence-electron chi connectivity index (χ0n) is 15.5. The fourth-order valence-electron chi connectivity index (χ4n) is 3.70. The maximum Gasteiger partial charge on any atom is 0.255 e. The summed E-state index contributed by atoms with van der Waals surface area (Å²) in [6.45, 7) is 4.15. The quantitative estimate of drug-likeness (QED) is 0.734. The van der Waals surface area contributed by atoms with Crippen LogP contribution in [0.5, 0.6) is 0 Å². The summed E-state index contributed by atoms with van der Waals surface area (Å²) in [7, 11) is 0. The maximum atomic E-state index is 13.1. The smallest absolute Gasteiger partial charge is 0.255 e. The van der Waals surface area contributed by atoms with Crippen LogP contribution >= 0.6 is 11.8 Å². The second-order valence-electron chi connectivity index (χ2n) is 7.06. The number of rotatable bonds is 5. The normalized spacial score (nSPS) is 20.1. The van der Waals surface area contributed by atoms with Crippen LogP contribution in [0.3, 0.4) is 0 Å². The molecule has 0 radical (unpaired) electrons. The molecule has 5 heteroatoms. The summed E-state index contributed by atoms with van der Waals surface area (Å²) in [6, 6.07) is 18.4. The fourth-order valence-corrected chi connectivity index (χ4v) is 4.82. The summed E-state index contributed by atoms with van der Waals surface area (Å²) in [4.78, 5) is 18.5. The number of amides is 1. The molecule has 2 aromatic rings. The van der Waals surface area contributed by atoms with E-state index in [0.29, 0.717) is 6.10 Å². The van der Waals surface area contributed by atoms with Gasteiger partial charge in [-0.05, 0) is 37.1 Å². The van der Waals surface area contributed by atoms with Crippen LogP contribution in [0.1, 0.15) is 23.2 Å². The third kappa shape index (κ3) is 4.47. The van der Waals surface area contributed by atoms with Gasteiger partial charge in [-0.25, -0.2) is 0 Å². The molecule has 2 aromatic carbocycles. The number of carbonyl (C=O) groups excluding carboxylic acids is 1. The van der Waals surface area contributed by atoms with Crippen molar-refractivity contribution in [1.82, 2.24) is 4.90 Å². The maximum absolute atomic E-state index is 13.1. The van der Waals surface area contributed by atoms with Gasteiger partial charge in [-0.15, -0.1) is 11.8 Å². The minimum atomic E-state index is 0.151. The van der Waals surface area contributed by atoms with E-state index in [1.165, 1.54) is 5.69 Å². The monoisotopic (exact) mass is 382 g/mol. The van der Waals surface area contributed by atoms with E-state index in [9.17, 15) is 4.79 Å². The highest BCUT2D eigenvalue weighted by atomic mass is 32.2. The number of nitrogens with zero attached hydrogens (tertiary/aromatic N) is 2. The van der Waals surface area contributed by atoms with Gasteiger partial charge >= 0.3 is 0 Å². The van der Waals surface area contributed by atoms with Gasteiger partial charge in [-0.2, -0.15) is 0 Å². The Balaban J connectivity index is 1.38. The predicted molar refractivity (Wildman–Crippen MR) is 111 cm³/mol. The molecule has 0 bridgehead atoms. The molecule has 0 aliphatic carbocycles. The van der Waals surface area contributed by atoms with Crippen LogP contribution in [0.2, 0.25) is 0 Å². The van der Waals surface area contributed by atoms with Crippen LogP contribution in [-0.4, -0.2) is 55.4 Å². The van der Waals surface area contributed by atoms with Gasteiger partial charge in [0, 0.05) is 49.1 Å². The average Bonchev–Trinajstić information content (AvgIpc) is 3.26. The number of benzene rings is 2. The molecule has 0 aromatic heterocycles. The van der Waals surface area contributed by atoms with Gasteiger partial charge in [0.2, 0.25) is 0 Å². The van der Waals surface area contributed by atoms with E-state index < -0.39 is 0 Å². The summed E-state index contributed by atoms with van der Waals surface area (Å²) in [5, 5.41) is 0. The molecule has 2 heterocycles. The highest BCUT2D eigenvalue weighted by Crippen LogP contribution is 2.28. The van der Waals surface area contributed by atoms with Crippen molar-refractivity contribution >= 4 is 23.4 Å². The lowest BCUT2D eigenvalue weighted by atomic mass is 10.1. The molecular formula is C22H26N2O2S. The van der Waals surface area contributed by atoms with Crippen molar-refractivity contribution in [2.75, 3.05) is 43.4 Å².